The molecule has 0 spiro atoms. The van der Waals surface area contributed by atoms with E-state index < -0.39 is 0 Å². The summed E-state index contributed by atoms with van der Waals surface area (Å²) in [5.41, 5.74) is 0. The van der Waals surface area contributed by atoms with E-state index >= 15 is 0 Å². The summed E-state index contributed by atoms with van der Waals surface area (Å²) in [4.78, 5) is 25.2. The number of hydrogen-bond acceptors (Lipinski definition) is 3. The average Bonchev–Trinajstić information content (AvgIpc) is 2.69. The maximum absolute atomic E-state index is 12.1. The third-order valence-corrected chi connectivity index (χ3v) is 5.26. The molecule has 1 amide bonds. The van der Waals surface area contributed by atoms with Crippen LogP contribution in [0.2, 0.25) is 0 Å². The Morgan fingerprint density at radius 3 is 2.61 bits per heavy atom. The van der Waals surface area contributed by atoms with E-state index in [0.717, 1.165) is 6.54 Å². The highest BCUT2D eigenvalue weighted by Gasteiger charge is 2.36. The highest BCUT2D eigenvalue weighted by Crippen LogP contribution is 2.33. The van der Waals surface area contributed by atoms with E-state index in [1.165, 1.54) is 43.9 Å². The first-order valence-corrected chi connectivity index (χ1v) is 7.92. The Labute approximate surface area is 114 Å². The number of carbonyl (C=O) groups excluding carboxylic acids is 2. The monoisotopic (exact) mass is 269 g/mol. The summed E-state index contributed by atoms with van der Waals surface area (Å²) < 4.78 is 0. The largest absolute Gasteiger partial charge is 0.339 e. The molecule has 0 radical (unpaired) electrons. The molecule has 2 fully saturated rings. The minimum atomic E-state index is 0.125. The van der Waals surface area contributed by atoms with Crippen molar-refractivity contribution in [3.63, 3.8) is 0 Å². The molecule has 2 rings (SSSR count). The van der Waals surface area contributed by atoms with E-state index in [1.54, 1.807) is 6.92 Å². The van der Waals surface area contributed by atoms with Crippen LogP contribution in [-0.2, 0) is 9.59 Å². The zero-order chi connectivity index (χ0) is 13.1. The zero-order valence-corrected chi connectivity index (χ0v) is 12.2. The van der Waals surface area contributed by atoms with Crippen LogP contribution < -0.4 is 0 Å². The Hall–Kier alpha value is -0.510. The highest BCUT2D eigenvalue weighted by molar-refractivity contribution is 8.14. The van der Waals surface area contributed by atoms with Gasteiger partial charge in [0.15, 0.2) is 5.12 Å². The van der Waals surface area contributed by atoms with Crippen LogP contribution in [0.15, 0.2) is 0 Å². The number of amides is 1. The molecular formula is C14H23NO2S. The second-order valence-electron chi connectivity index (χ2n) is 5.62. The summed E-state index contributed by atoms with van der Waals surface area (Å²) in [6, 6.07) is 0.357. The lowest BCUT2D eigenvalue weighted by atomic mass is 9.84. The van der Waals surface area contributed by atoms with Gasteiger partial charge in [-0.3, -0.25) is 9.59 Å². The van der Waals surface area contributed by atoms with Crippen LogP contribution in [-0.4, -0.2) is 33.8 Å². The van der Waals surface area contributed by atoms with Gasteiger partial charge in [-0.2, -0.15) is 0 Å². The van der Waals surface area contributed by atoms with E-state index in [1.807, 2.05) is 4.90 Å². The first-order valence-electron chi connectivity index (χ1n) is 7.04. The van der Waals surface area contributed by atoms with Crippen molar-refractivity contribution in [1.82, 2.24) is 4.90 Å². The number of hydrogen-bond donors (Lipinski definition) is 0. The van der Waals surface area contributed by atoms with Crippen LogP contribution in [0.4, 0.5) is 0 Å². The average molecular weight is 269 g/mol. The molecule has 0 aromatic carbocycles. The molecule has 1 heterocycles. The molecule has 0 aromatic rings. The fraction of sp³-hybridized carbons (Fsp3) is 0.857. The van der Waals surface area contributed by atoms with Crippen molar-refractivity contribution < 1.29 is 9.59 Å². The highest BCUT2D eigenvalue weighted by atomic mass is 32.2. The third-order valence-electron chi connectivity index (χ3n) is 4.28. The second kappa shape index (κ2) is 6.09. The SMILES string of the molecule is CC(=O)SC1CC(=O)N([C@@H](C)C2CCCCC2)C1. The number of carbonyl (C=O) groups is 2. The van der Waals surface area contributed by atoms with Crippen LogP contribution in [0.1, 0.15) is 52.4 Å². The molecule has 0 bridgehead atoms. The van der Waals surface area contributed by atoms with Gasteiger partial charge >= 0.3 is 0 Å². The van der Waals surface area contributed by atoms with E-state index in [9.17, 15) is 9.59 Å². The van der Waals surface area contributed by atoms with Crippen LogP contribution >= 0.6 is 11.8 Å². The Morgan fingerprint density at radius 1 is 1.33 bits per heavy atom. The quantitative estimate of drug-likeness (QED) is 0.790. The fourth-order valence-electron chi connectivity index (χ4n) is 3.28. The van der Waals surface area contributed by atoms with E-state index in [2.05, 4.69) is 6.92 Å². The Balaban J connectivity index is 1.91. The fourth-order valence-corrected chi connectivity index (χ4v) is 4.21. The predicted octanol–water partition coefficient (Wildman–Crippen LogP) is 2.84. The van der Waals surface area contributed by atoms with Crippen LogP contribution in [0.5, 0.6) is 0 Å². The molecule has 102 valence electrons. The van der Waals surface area contributed by atoms with Gasteiger partial charge in [0.2, 0.25) is 5.91 Å². The summed E-state index contributed by atoms with van der Waals surface area (Å²) in [6.45, 7) is 4.54. The van der Waals surface area contributed by atoms with Crippen molar-refractivity contribution in [1.29, 1.82) is 0 Å². The van der Waals surface area contributed by atoms with Crippen molar-refractivity contribution in [2.75, 3.05) is 6.54 Å². The van der Waals surface area contributed by atoms with E-state index in [0.29, 0.717) is 18.4 Å². The van der Waals surface area contributed by atoms with Gasteiger partial charge in [-0.25, -0.2) is 0 Å². The molecule has 0 aromatic heterocycles. The second-order valence-corrected chi connectivity index (χ2v) is 7.10. The summed E-state index contributed by atoms with van der Waals surface area (Å²) in [5, 5.41) is 0.306. The first kappa shape index (κ1) is 13.9. The van der Waals surface area contributed by atoms with Gasteiger partial charge in [-0.05, 0) is 25.7 Å². The van der Waals surface area contributed by atoms with Gasteiger partial charge in [0.25, 0.3) is 0 Å². The van der Waals surface area contributed by atoms with Gasteiger partial charge in [-0.1, -0.05) is 31.0 Å². The van der Waals surface area contributed by atoms with Crippen molar-refractivity contribution >= 4 is 22.8 Å². The Kier molecular flexibility index (Phi) is 4.71. The number of nitrogens with zero attached hydrogens (tertiary/aromatic N) is 1. The van der Waals surface area contributed by atoms with Crippen LogP contribution in [0, 0.1) is 5.92 Å². The molecule has 2 aliphatic rings. The molecule has 2 atom stereocenters. The van der Waals surface area contributed by atoms with Gasteiger partial charge in [-0.15, -0.1) is 0 Å². The van der Waals surface area contributed by atoms with Gasteiger partial charge in [0.05, 0.1) is 0 Å². The summed E-state index contributed by atoms with van der Waals surface area (Å²) in [7, 11) is 0. The molecular weight excluding hydrogens is 246 g/mol. The Bertz CT molecular complexity index is 326. The minimum Gasteiger partial charge on any atom is -0.339 e. The summed E-state index contributed by atoms with van der Waals surface area (Å²) in [6.07, 6.45) is 7.03. The van der Waals surface area contributed by atoms with Crippen molar-refractivity contribution in [3.05, 3.63) is 0 Å². The van der Waals surface area contributed by atoms with Gasteiger partial charge in [0, 0.05) is 31.2 Å². The van der Waals surface area contributed by atoms with Crippen molar-refractivity contribution in [2.24, 2.45) is 5.92 Å². The lowest BCUT2D eigenvalue weighted by Gasteiger charge is -2.34. The normalized spacial score (nSPS) is 27.6. The molecule has 1 unspecified atom stereocenters. The van der Waals surface area contributed by atoms with E-state index in [4.69, 9.17) is 0 Å². The van der Waals surface area contributed by atoms with Gasteiger partial charge in [0.1, 0.15) is 0 Å². The molecule has 1 aliphatic carbocycles. The minimum absolute atomic E-state index is 0.125. The molecule has 0 N–H and O–H groups in total. The molecule has 18 heavy (non-hydrogen) atoms. The predicted molar refractivity (Wildman–Crippen MR) is 74.4 cm³/mol. The molecule has 4 heteroatoms. The first-order chi connectivity index (χ1) is 8.58. The van der Waals surface area contributed by atoms with Crippen LogP contribution in [0.25, 0.3) is 0 Å². The van der Waals surface area contributed by atoms with Crippen molar-refractivity contribution in [2.45, 2.75) is 63.7 Å². The molecule has 1 aliphatic heterocycles. The summed E-state index contributed by atoms with van der Waals surface area (Å²) >= 11 is 1.33. The number of rotatable bonds is 3. The standard InChI is InChI=1S/C14H23NO2S/c1-10(12-6-4-3-5-7-12)15-9-13(8-14(15)17)18-11(2)16/h10,12-13H,3-9H2,1-2H3/t10-,13?/m0/s1. The molecule has 1 saturated carbocycles. The van der Waals surface area contributed by atoms with E-state index in [-0.39, 0.29) is 16.3 Å². The lowest BCUT2D eigenvalue weighted by Crippen LogP contribution is -2.40. The maximum Gasteiger partial charge on any atom is 0.224 e. The van der Waals surface area contributed by atoms with Crippen molar-refractivity contribution in [3.8, 4) is 0 Å². The van der Waals surface area contributed by atoms with Crippen LogP contribution in [0.3, 0.4) is 0 Å². The lowest BCUT2D eigenvalue weighted by molar-refractivity contribution is -0.130. The summed E-state index contributed by atoms with van der Waals surface area (Å²) in [5.74, 6) is 0.913. The molecule has 1 saturated heterocycles. The van der Waals surface area contributed by atoms with Gasteiger partial charge < -0.3 is 4.90 Å². The smallest absolute Gasteiger partial charge is 0.224 e. The third kappa shape index (κ3) is 3.28. The zero-order valence-electron chi connectivity index (χ0n) is 11.4. The maximum atomic E-state index is 12.1. The Morgan fingerprint density at radius 2 is 2.00 bits per heavy atom. The number of likely N-dealkylation sites (tertiary alicyclic amines) is 1. The number of thioether (sulfide) groups is 1. The molecule has 3 nitrogen and oxygen atoms in total. The topological polar surface area (TPSA) is 37.4 Å².